The van der Waals surface area contributed by atoms with Crippen LogP contribution in [0.4, 0.5) is 0 Å². The molecule has 0 bridgehead atoms. The maximum Gasteiger partial charge on any atom is 0.230 e. The SMILES string of the molecule is CN=C(NCC1(C(=O)N(C)C)CCCC1)NC1CCN(C(=O)C(C)C)CC1. The van der Waals surface area contributed by atoms with Crippen molar-refractivity contribution in [3.05, 3.63) is 0 Å². The van der Waals surface area contributed by atoms with Crippen molar-refractivity contribution in [1.82, 2.24) is 20.4 Å². The molecule has 0 aromatic rings. The molecule has 0 aromatic carbocycles. The Bertz CT molecular complexity index is 545. The Morgan fingerprint density at radius 3 is 2.26 bits per heavy atom. The van der Waals surface area contributed by atoms with Gasteiger partial charge in [-0.25, -0.2) is 0 Å². The van der Waals surface area contributed by atoms with Crippen LogP contribution in [0.1, 0.15) is 52.4 Å². The van der Waals surface area contributed by atoms with Crippen LogP contribution in [0.25, 0.3) is 0 Å². The van der Waals surface area contributed by atoms with Crippen molar-refractivity contribution >= 4 is 17.8 Å². The van der Waals surface area contributed by atoms with Gasteiger partial charge < -0.3 is 20.4 Å². The van der Waals surface area contributed by atoms with Gasteiger partial charge in [0, 0.05) is 52.7 Å². The predicted octanol–water partition coefficient (Wildman–Crippen LogP) is 1.45. The summed E-state index contributed by atoms with van der Waals surface area (Å²) in [5.41, 5.74) is -0.311. The Hall–Kier alpha value is -1.79. The lowest BCUT2D eigenvalue weighted by atomic mass is 9.84. The second kappa shape index (κ2) is 9.42. The van der Waals surface area contributed by atoms with Crippen LogP contribution in [0.15, 0.2) is 4.99 Å². The van der Waals surface area contributed by atoms with Gasteiger partial charge in [0.15, 0.2) is 5.96 Å². The van der Waals surface area contributed by atoms with Crippen LogP contribution < -0.4 is 10.6 Å². The molecule has 0 atom stereocenters. The minimum Gasteiger partial charge on any atom is -0.355 e. The summed E-state index contributed by atoms with van der Waals surface area (Å²) in [6.45, 7) is 6.09. The lowest BCUT2D eigenvalue weighted by Gasteiger charge is -2.35. The van der Waals surface area contributed by atoms with Crippen LogP contribution >= 0.6 is 0 Å². The molecule has 2 N–H and O–H groups in total. The van der Waals surface area contributed by atoms with Gasteiger partial charge in [0.2, 0.25) is 11.8 Å². The first-order chi connectivity index (χ1) is 12.8. The summed E-state index contributed by atoms with van der Waals surface area (Å²) in [5, 5.41) is 6.88. The summed E-state index contributed by atoms with van der Waals surface area (Å²) in [7, 11) is 5.44. The van der Waals surface area contributed by atoms with Crippen LogP contribution in [0.2, 0.25) is 0 Å². The third kappa shape index (κ3) is 5.36. The minimum atomic E-state index is -0.311. The molecule has 0 spiro atoms. The molecular formula is C20H37N5O2. The van der Waals surface area contributed by atoms with Crippen molar-refractivity contribution < 1.29 is 9.59 Å². The topological polar surface area (TPSA) is 77.0 Å². The van der Waals surface area contributed by atoms with E-state index in [0.29, 0.717) is 12.6 Å². The number of piperidine rings is 1. The van der Waals surface area contributed by atoms with Crippen LogP contribution in [0, 0.1) is 11.3 Å². The molecule has 1 saturated carbocycles. The second-order valence-electron chi connectivity index (χ2n) is 8.51. The molecule has 27 heavy (non-hydrogen) atoms. The van der Waals surface area contributed by atoms with E-state index < -0.39 is 0 Å². The summed E-state index contributed by atoms with van der Waals surface area (Å²) in [5.74, 6) is 1.26. The van der Waals surface area contributed by atoms with Crippen LogP contribution in [-0.2, 0) is 9.59 Å². The van der Waals surface area contributed by atoms with Gasteiger partial charge in [0.05, 0.1) is 5.41 Å². The number of guanidine groups is 1. The molecule has 1 aliphatic heterocycles. The van der Waals surface area contributed by atoms with E-state index in [2.05, 4.69) is 15.6 Å². The van der Waals surface area contributed by atoms with Crippen LogP contribution in [-0.4, -0.2) is 74.4 Å². The van der Waals surface area contributed by atoms with E-state index in [9.17, 15) is 9.59 Å². The van der Waals surface area contributed by atoms with Crippen molar-refractivity contribution in [3.8, 4) is 0 Å². The molecule has 0 radical (unpaired) electrons. The van der Waals surface area contributed by atoms with Gasteiger partial charge in [0.25, 0.3) is 0 Å². The normalized spacial score (nSPS) is 20.7. The first-order valence-corrected chi connectivity index (χ1v) is 10.3. The van der Waals surface area contributed by atoms with E-state index in [0.717, 1.165) is 57.6 Å². The number of nitrogens with one attached hydrogen (secondary N) is 2. The fourth-order valence-corrected chi connectivity index (χ4v) is 4.24. The summed E-state index contributed by atoms with van der Waals surface area (Å²) >= 11 is 0. The highest BCUT2D eigenvalue weighted by Gasteiger charge is 2.42. The smallest absolute Gasteiger partial charge is 0.230 e. The van der Waals surface area contributed by atoms with Gasteiger partial charge in [-0.3, -0.25) is 14.6 Å². The van der Waals surface area contributed by atoms with Crippen molar-refractivity contribution in [2.24, 2.45) is 16.3 Å². The second-order valence-corrected chi connectivity index (χ2v) is 8.51. The van der Waals surface area contributed by atoms with Crippen molar-refractivity contribution in [3.63, 3.8) is 0 Å². The standard InChI is InChI=1S/C20H37N5O2/c1-15(2)17(26)25-12-8-16(9-13-25)23-19(21-3)22-14-20(10-6-7-11-20)18(27)24(4)5/h15-16H,6-14H2,1-5H3,(H2,21,22,23). The van der Waals surface area contributed by atoms with E-state index in [4.69, 9.17) is 0 Å². The average Bonchev–Trinajstić information content (AvgIpc) is 3.14. The average molecular weight is 380 g/mol. The summed E-state index contributed by atoms with van der Waals surface area (Å²) in [6, 6.07) is 0.302. The molecule has 1 aliphatic carbocycles. The molecule has 0 aromatic heterocycles. The van der Waals surface area contributed by atoms with E-state index >= 15 is 0 Å². The number of likely N-dealkylation sites (tertiary alicyclic amines) is 1. The van der Waals surface area contributed by atoms with E-state index in [1.165, 1.54) is 0 Å². The Morgan fingerprint density at radius 2 is 1.78 bits per heavy atom. The Kier molecular flexibility index (Phi) is 7.50. The molecule has 0 unspecified atom stereocenters. The van der Waals surface area contributed by atoms with Gasteiger partial charge in [0.1, 0.15) is 0 Å². The number of rotatable bonds is 5. The molecule has 1 heterocycles. The molecule has 7 nitrogen and oxygen atoms in total. The third-order valence-corrected chi connectivity index (χ3v) is 5.88. The van der Waals surface area contributed by atoms with Gasteiger partial charge in [-0.05, 0) is 25.7 Å². The molecule has 2 fully saturated rings. The van der Waals surface area contributed by atoms with Crippen molar-refractivity contribution in [2.75, 3.05) is 40.8 Å². The minimum absolute atomic E-state index is 0.0563. The fourth-order valence-electron chi connectivity index (χ4n) is 4.24. The summed E-state index contributed by atoms with van der Waals surface area (Å²) in [4.78, 5) is 32.8. The number of amides is 2. The number of hydrogen-bond donors (Lipinski definition) is 2. The number of hydrogen-bond acceptors (Lipinski definition) is 3. The maximum absolute atomic E-state index is 12.7. The highest BCUT2D eigenvalue weighted by Crippen LogP contribution is 2.38. The third-order valence-electron chi connectivity index (χ3n) is 5.88. The molecule has 2 rings (SSSR count). The lowest BCUT2D eigenvalue weighted by molar-refractivity contribution is -0.139. The molecule has 7 heteroatoms. The van der Waals surface area contributed by atoms with E-state index in [-0.39, 0.29) is 23.1 Å². The maximum atomic E-state index is 12.7. The zero-order chi connectivity index (χ0) is 20.0. The van der Waals surface area contributed by atoms with Gasteiger partial charge in [-0.2, -0.15) is 0 Å². The number of nitrogens with zero attached hydrogens (tertiary/aromatic N) is 3. The van der Waals surface area contributed by atoms with Crippen LogP contribution in [0.3, 0.4) is 0 Å². The number of aliphatic imine (C=N–C) groups is 1. The highest BCUT2D eigenvalue weighted by molar-refractivity contribution is 5.85. The lowest BCUT2D eigenvalue weighted by Crippen LogP contribution is -2.53. The monoisotopic (exact) mass is 379 g/mol. The zero-order valence-electron chi connectivity index (χ0n) is 17.7. The largest absolute Gasteiger partial charge is 0.355 e. The van der Waals surface area contributed by atoms with E-state index in [1.54, 1.807) is 11.9 Å². The zero-order valence-corrected chi connectivity index (χ0v) is 17.7. The molecular weight excluding hydrogens is 342 g/mol. The molecule has 2 aliphatic rings. The van der Waals surface area contributed by atoms with Gasteiger partial charge in [-0.15, -0.1) is 0 Å². The summed E-state index contributed by atoms with van der Waals surface area (Å²) < 4.78 is 0. The number of carbonyl (C=O) groups excluding carboxylic acids is 2. The Labute approximate surface area is 163 Å². The Morgan fingerprint density at radius 1 is 1.19 bits per heavy atom. The van der Waals surface area contributed by atoms with Crippen molar-refractivity contribution in [2.45, 2.75) is 58.4 Å². The fraction of sp³-hybridized carbons (Fsp3) is 0.850. The predicted molar refractivity (Wildman–Crippen MR) is 109 cm³/mol. The highest BCUT2D eigenvalue weighted by atomic mass is 16.2. The molecule has 154 valence electrons. The first-order valence-electron chi connectivity index (χ1n) is 10.3. The van der Waals surface area contributed by atoms with Crippen molar-refractivity contribution in [1.29, 1.82) is 0 Å². The quantitative estimate of drug-likeness (QED) is 0.560. The first kappa shape index (κ1) is 21.5. The Balaban J connectivity index is 1.86. The molecule has 2 amide bonds. The van der Waals surface area contributed by atoms with Gasteiger partial charge in [-0.1, -0.05) is 26.7 Å². The van der Waals surface area contributed by atoms with Gasteiger partial charge >= 0.3 is 0 Å². The van der Waals surface area contributed by atoms with E-state index in [1.807, 2.05) is 32.8 Å². The molecule has 1 saturated heterocycles. The number of carbonyl (C=O) groups is 2. The van der Waals surface area contributed by atoms with Crippen LogP contribution in [0.5, 0.6) is 0 Å². The summed E-state index contributed by atoms with van der Waals surface area (Å²) in [6.07, 6.45) is 5.92.